The van der Waals surface area contributed by atoms with Crippen LogP contribution in [0.25, 0.3) is 0 Å². The van der Waals surface area contributed by atoms with E-state index in [4.69, 9.17) is 0 Å². The number of hydrogen-bond donors (Lipinski definition) is 3. The van der Waals surface area contributed by atoms with Gasteiger partial charge in [-0.1, -0.05) is 42.5 Å². The zero-order valence-electron chi connectivity index (χ0n) is 10.2. The number of nitroso groups, excluding NO2 is 1. The molecule has 0 aliphatic carbocycles. The summed E-state index contributed by atoms with van der Waals surface area (Å²) >= 11 is 0. The zero-order chi connectivity index (χ0) is 13.7. The van der Waals surface area contributed by atoms with Gasteiger partial charge in [0, 0.05) is 6.54 Å². The molecule has 5 heteroatoms. The Bertz CT molecular complexity index is 556. The molecule has 2 aromatic carbocycles. The average molecular weight is 258 g/mol. The Morgan fingerprint density at radius 1 is 1.00 bits per heavy atom. The van der Waals surface area contributed by atoms with Gasteiger partial charge in [0.25, 0.3) is 5.91 Å². The highest BCUT2D eigenvalue weighted by Gasteiger charge is 2.28. The van der Waals surface area contributed by atoms with Crippen molar-refractivity contribution in [2.24, 2.45) is 5.18 Å². The maximum absolute atomic E-state index is 10.6. The second kappa shape index (κ2) is 5.71. The van der Waals surface area contributed by atoms with E-state index in [-0.39, 0.29) is 17.8 Å². The van der Waals surface area contributed by atoms with Crippen LogP contribution in [-0.4, -0.2) is 10.2 Å². The topological polar surface area (TPSA) is 81.9 Å². The van der Waals surface area contributed by atoms with Crippen molar-refractivity contribution in [2.75, 3.05) is 0 Å². The monoisotopic (exact) mass is 258 g/mol. The smallest absolute Gasteiger partial charge is 0.253 e. The van der Waals surface area contributed by atoms with E-state index in [2.05, 4.69) is 10.5 Å². The molecule has 3 N–H and O–H groups in total. The summed E-state index contributed by atoms with van der Waals surface area (Å²) in [6.07, 6.45) is 0. The Balaban J connectivity index is 2.16. The van der Waals surface area contributed by atoms with E-state index in [0.29, 0.717) is 0 Å². The standard InChI is InChI=1S/C14H14N2O3/c17-14(18,12-8-4-5-9-13(12)16-19)15-10-11-6-2-1-3-7-11/h1-9,15,17-18H,10H2. The van der Waals surface area contributed by atoms with Crippen LogP contribution in [0.3, 0.4) is 0 Å². The molecule has 0 saturated heterocycles. The van der Waals surface area contributed by atoms with Gasteiger partial charge in [-0.3, -0.25) is 5.32 Å². The molecule has 0 fully saturated rings. The highest BCUT2D eigenvalue weighted by atomic mass is 16.5. The van der Waals surface area contributed by atoms with Gasteiger partial charge in [-0.15, -0.1) is 4.91 Å². The van der Waals surface area contributed by atoms with Crippen molar-refractivity contribution in [3.8, 4) is 0 Å². The minimum absolute atomic E-state index is 0.00642. The van der Waals surface area contributed by atoms with Gasteiger partial charge >= 0.3 is 0 Å². The second-order valence-corrected chi connectivity index (χ2v) is 4.12. The van der Waals surface area contributed by atoms with Gasteiger partial charge < -0.3 is 10.2 Å². The van der Waals surface area contributed by atoms with Crippen LogP contribution in [0.2, 0.25) is 0 Å². The normalized spacial score (nSPS) is 11.3. The molecule has 0 spiro atoms. The van der Waals surface area contributed by atoms with Crippen LogP contribution >= 0.6 is 0 Å². The lowest BCUT2D eigenvalue weighted by molar-refractivity contribution is -0.196. The van der Waals surface area contributed by atoms with Crippen LogP contribution in [0.5, 0.6) is 0 Å². The maximum atomic E-state index is 10.6. The van der Waals surface area contributed by atoms with Crippen LogP contribution in [0.15, 0.2) is 59.8 Å². The SMILES string of the molecule is O=Nc1ccccc1C(O)(O)NCc1ccccc1. The Labute approximate surface area is 110 Å². The lowest BCUT2D eigenvalue weighted by atomic mass is 10.1. The molecular weight excluding hydrogens is 244 g/mol. The lowest BCUT2D eigenvalue weighted by Gasteiger charge is -2.24. The maximum Gasteiger partial charge on any atom is 0.253 e. The van der Waals surface area contributed by atoms with E-state index in [1.165, 1.54) is 12.1 Å². The molecular formula is C14H14N2O3. The lowest BCUT2D eigenvalue weighted by Crippen LogP contribution is -2.41. The third kappa shape index (κ3) is 3.23. The largest absolute Gasteiger partial charge is 0.350 e. The molecule has 0 heterocycles. The van der Waals surface area contributed by atoms with Crippen molar-refractivity contribution in [3.63, 3.8) is 0 Å². The molecule has 0 aromatic heterocycles. The molecule has 2 rings (SSSR count). The first kappa shape index (κ1) is 13.4. The van der Waals surface area contributed by atoms with Crippen LogP contribution < -0.4 is 5.32 Å². The molecule has 0 amide bonds. The molecule has 0 unspecified atom stereocenters. The van der Waals surface area contributed by atoms with Crippen molar-refractivity contribution in [2.45, 2.75) is 12.5 Å². The predicted octanol–water partition coefficient (Wildman–Crippen LogP) is 1.97. The summed E-state index contributed by atoms with van der Waals surface area (Å²) in [4.78, 5) is 10.6. The number of nitrogens with one attached hydrogen (secondary N) is 1. The van der Waals surface area contributed by atoms with Gasteiger partial charge in [0.05, 0.1) is 5.56 Å². The van der Waals surface area contributed by atoms with E-state index in [9.17, 15) is 15.1 Å². The number of nitrogens with zero attached hydrogens (tertiary/aromatic N) is 1. The summed E-state index contributed by atoms with van der Waals surface area (Å²) in [6, 6.07) is 15.4. The van der Waals surface area contributed by atoms with Gasteiger partial charge in [0.15, 0.2) is 0 Å². The Kier molecular flexibility index (Phi) is 4.01. The fraction of sp³-hybridized carbons (Fsp3) is 0.143. The van der Waals surface area contributed by atoms with Gasteiger partial charge in [-0.05, 0) is 22.9 Å². The van der Waals surface area contributed by atoms with Crippen LogP contribution in [0.1, 0.15) is 11.1 Å². The number of rotatable bonds is 5. The highest BCUT2D eigenvalue weighted by Crippen LogP contribution is 2.26. The van der Waals surface area contributed by atoms with Crippen LogP contribution in [0, 0.1) is 4.91 Å². The Morgan fingerprint density at radius 2 is 1.63 bits per heavy atom. The van der Waals surface area contributed by atoms with Crippen molar-refractivity contribution in [3.05, 3.63) is 70.6 Å². The summed E-state index contributed by atoms with van der Waals surface area (Å²) < 4.78 is 0. The second-order valence-electron chi connectivity index (χ2n) is 4.12. The van der Waals surface area contributed by atoms with Gasteiger partial charge in [-0.2, -0.15) is 0 Å². The van der Waals surface area contributed by atoms with E-state index in [1.807, 2.05) is 30.3 Å². The summed E-state index contributed by atoms with van der Waals surface area (Å²) in [7, 11) is 0. The Morgan fingerprint density at radius 3 is 2.32 bits per heavy atom. The van der Waals surface area contributed by atoms with Crippen LogP contribution in [-0.2, 0) is 12.5 Å². The van der Waals surface area contributed by atoms with Gasteiger partial charge in [0.1, 0.15) is 5.69 Å². The molecule has 0 aliphatic heterocycles. The molecule has 0 aliphatic rings. The van der Waals surface area contributed by atoms with Crippen molar-refractivity contribution in [1.29, 1.82) is 0 Å². The molecule has 0 radical (unpaired) electrons. The van der Waals surface area contributed by atoms with E-state index in [0.717, 1.165) is 5.56 Å². The first-order valence-electron chi connectivity index (χ1n) is 5.80. The molecule has 19 heavy (non-hydrogen) atoms. The first-order valence-corrected chi connectivity index (χ1v) is 5.80. The quantitative estimate of drug-likeness (QED) is 0.565. The minimum Gasteiger partial charge on any atom is -0.350 e. The predicted molar refractivity (Wildman–Crippen MR) is 71.3 cm³/mol. The van der Waals surface area contributed by atoms with E-state index < -0.39 is 5.91 Å². The first-order chi connectivity index (χ1) is 9.13. The van der Waals surface area contributed by atoms with Crippen molar-refractivity contribution >= 4 is 5.69 Å². The Hall–Kier alpha value is -2.08. The molecule has 5 nitrogen and oxygen atoms in total. The molecule has 0 atom stereocenters. The number of benzene rings is 2. The van der Waals surface area contributed by atoms with Gasteiger partial charge in [-0.25, -0.2) is 0 Å². The number of aliphatic hydroxyl groups is 2. The number of hydrogen-bond acceptors (Lipinski definition) is 5. The summed E-state index contributed by atoms with van der Waals surface area (Å²) in [5.74, 6) is -2.31. The summed E-state index contributed by atoms with van der Waals surface area (Å²) in [6.45, 7) is 0.251. The zero-order valence-corrected chi connectivity index (χ0v) is 10.2. The third-order valence-corrected chi connectivity index (χ3v) is 2.76. The fourth-order valence-electron chi connectivity index (χ4n) is 1.76. The highest BCUT2D eigenvalue weighted by molar-refractivity contribution is 5.47. The summed E-state index contributed by atoms with van der Waals surface area (Å²) in [5.41, 5.74) is 0.917. The van der Waals surface area contributed by atoms with Gasteiger partial charge in [0.2, 0.25) is 0 Å². The molecule has 2 aromatic rings. The third-order valence-electron chi connectivity index (χ3n) is 2.76. The van der Waals surface area contributed by atoms with Crippen molar-refractivity contribution < 1.29 is 10.2 Å². The van der Waals surface area contributed by atoms with Crippen molar-refractivity contribution in [1.82, 2.24) is 5.32 Å². The fourth-order valence-corrected chi connectivity index (χ4v) is 1.76. The average Bonchev–Trinajstić information content (AvgIpc) is 2.46. The summed E-state index contributed by atoms with van der Waals surface area (Å²) in [5, 5.41) is 25.4. The van der Waals surface area contributed by atoms with E-state index in [1.54, 1.807) is 12.1 Å². The van der Waals surface area contributed by atoms with Crippen LogP contribution in [0.4, 0.5) is 5.69 Å². The van der Waals surface area contributed by atoms with E-state index >= 15 is 0 Å². The molecule has 98 valence electrons. The molecule has 0 bridgehead atoms. The minimum atomic E-state index is -2.31. The molecule has 0 saturated carbocycles.